The first-order chi connectivity index (χ1) is 10.5. The molecule has 0 aromatic heterocycles. The molecule has 0 unspecified atom stereocenters. The van der Waals surface area contributed by atoms with Crippen LogP contribution in [0.1, 0.15) is 12.5 Å². The summed E-state index contributed by atoms with van der Waals surface area (Å²) < 4.78 is 6.40. The molecule has 0 aliphatic carbocycles. The smallest absolute Gasteiger partial charge is 0.308 e. The van der Waals surface area contributed by atoms with Gasteiger partial charge in [-0.1, -0.05) is 23.9 Å². The van der Waals surface area contributed by atoms with Gasteiger partial charge in [-0.3, -0.25) is 9.59 Å². The van der Waals surface area contributed by atoms with Gasteiger partial charge in [0.15, 0.2) is 0 Å². The maximum Gasteiger partial charge on any atom is 0.308 e. The highest BCUT2D eigenvalue weighted by molar-refractivity contribution is 9.10. The molecule has 0 spiro atoms. The van der Waals surface area contributed by atoms with Gasteiger partial charge in [0.25, 0.3) is 0 Å². The van der Waals surface area contributed by atoms with Crippen LogP contribution >= 0.6 is 39.5 Å². The van der Waals surface area contributed by atoms with Crippen molar-refractivity contribution >= 4 is 61.0 Å². The molecule has 0 bridgehead atoms. The van der Waals surface area contributed by atoms with E-state index in [-0.39, 0.29) is 11.1 Å². The van der Waals surface area contributed by atoms with Crippen molar-refractivity contribution in [3.05, 3.63) is 46.6 Å². The fourth-order valence-corrected chi connectivity index (χ4v) is 3.66. The lowest BCUT2D eigenvalue weighted by Crippen LogP contribution is -2.01. The number of rotatable bonds is 4. The van der Waals surface area contributed by atoms with Crippen molar-refractivity contribution < 1.29 is 14.3 Å². The average molecular weight is 398 g/mol. The van der Waals surface area contributed by atoms with Crippen molar-refractivity contribution in [3.8, 4) is 5.75 Å². The van der Waals surface area contributed by atoms with E-state index in [0.29, 0.717) is 15.9 Å². The number of halogens is 1. The number of carbonyl (C=O) groups excluding carboxylic acids is 2. The Kier molecular flexibility index (Phi) is 6.05. The minimum atomic E-state index is -0.386. The van der Waals surface area contributed by atoms with Crippen molar-refractivity contribution in [2.75, 3.05) is 5.75 Å². The predicted molar refractivity (Wildman–Crippen MR) is 96.1 cm³/mol. The summed E-state index contributed by atoms with van der Waals surface area (Å²) in [4.78, 5) is 27.2. The fraction of sp³-hybridized carbons (Fsp3) is 0.133. The summed E-state index contributed by atoms with van der Waals surface area (Å²) in [6.45, 7) is 4.98. The van der Waals surface area contributed by atoms with Gasteiger partial charge in [0.1, 0.15) is 15.8 Å². The monoisotopic (exact) mass is 397 g/mol. The van der Waals surface area contributed by atoms with Gasteiger partial charge in [0.2, 0.25) is 5.12 Å². The molecule has 0 saturated heterocycles. The van der Waals surface area contributed by atoms with Crippen LogP contribution in [-0.2, 0) is 9.59 Å². The van der Waals surface area contributed by atoms with Gasteiger partial charge < -0.3 is 4.74 Å². The Labute approximate surface area is 145 Å². The Morgan fingerprint density at radius 3 is 2.95 bits per heavy atom. The number of aliphatic imine (C=N–C) groups is 1. The molecule has 4 nitrogen and oxygen atoms in total. The quantitative estimate of drug-likeness (QED) is 0.328. The Hall–Kier alpha value is -1.31. The highest BCUT2D eigenvalue weighted by Gasteiger charge is 2.22. The van der Waals surface area contributed by atoms with Crippen LogP contribution in [0.5, 0.6) is 5.75 Å². The molecule has 2 rings (SSSR count). The van der Waals surface area contributed by atoms with Crippen LogP contribution in [0.2, 0.25) is 0 Å². The highest BCUT2D eigenvalue weighted by atomic mass is 79.9. The Morgan fingerprint density at radius 2 is 2.32 bits per heavy atom. The third kappa shape index (κ3) is 4.59. The molecule has 0 amide bonds. The molecule has 1 aromatic rings. The molecule has 1 aliphatic rings. The lowest BCUT2D eigenvalue weighted by Gasteiger charge is -2.04. The van der Waals surface area contributed by atoms with Crippen LogP contribution in [0.25, 0.3) is 6.08 Å². The summed E-state index contributed by atoms with van der Waals surface area (Å²) in [7, 11) is 0. The Balaban J connectivity index is 2.20. The predicted octanol–water partition coefficient (Wildman–Crippen LogP) is 4.26. The van der Waals surface area contributed by atoms with Crippen LogP contribution in [0.4, 0.5) is 0 Å². The SMILES string of the molecule is C=CCSC1=N/C(=C\c2ccc(OC(C)=O)c(Br)c2)C(=O)S1. The largest absolute Gasteiger partial charge is 0.426 e. The van der Waals surface area contributed by atoms with E-state index in [9.17, 15) is 9.59 Å². The molecule has 0 fully saturated rings. The first-order valence-corrected chi connectivity index (χ1v) is 8.83. The van der Waals surface area contributed by atoms with E-state index in [2.05, 4.69) is 27.5 Å². The van der Waals surface area contributed by atoms with E-state index in [1.54, 1.807) is 30.4 Å². The van der Waals surface area contributed by atoms with Crippen LogP contribution in [0, 0.1) is 0 Å². The van der Waals surface area contributed by atoms with Gasteiger partial charge in [-0.05, 0) is 51.5 Å². The zero-order valence-corrected chi connectivity index (χ0v) is 14.9. The van der Waals surface area contributed by atoms with Crippen LogP contribution in [0.15, 0.2) is 46.0 Å². The third-order valence-electron chi connectivity index (χ3n) is 2.44. The van der Waals surface area contributed by atoms with Crippen molar-refractivity contribution in [2.24, 2.45) is 4.99 Å². The van der Waals surface area contributed by atoms with Gasteiger partial charge in [0, 0.05) is 12.7 Å². The number of nitrogens with zero attached hydrogens (tertiary/aromatic N) is 1. The van der Waals surface area contributed by atoms with Crippen molar-refractivity contribution in [1.29, 1.82) is 0 Å². The van der Waals surface area contributed by atoms with Gasteiger partial charge in [-0.25, -0.2) is 4.99 Å². The summed E-state index contributed by atoms with van der Waals surface area (Å²) >= 11 is 5.95. The molecule has 0 radical (unpaired) electrons. The van der Waals surface area contributed by atoms with E-state index >= 15 is 0 Å². The molecule has 1 aliphatic heterocycles. The summed E-state index contributed by atoms with van der Waals surface area (Å²) in [6.07, 6.45) is 3.48. The van der Waals surface area contributed by atoms with Crippen molar-refractivity contribution in [1.82, 2.24) is 0 Å². The maximum absolute atomic E-state index is 11.9. The van der Waals surface area contributed by atoms with E-state index in [4.69, 9.17) is 4.74 Å². The number of hydrogen-bond acceptors (Lipinski definition) is 6. The first-order valence-electron chi connectivity index (χ1n) is 6.24. The molecule has 1 aromatic carbocycles. The Bertz CT molecular complexity index is 698. The van der Waals surface area contributed by atoms with E-state index in [0.717, 1.165) is 27.5 Å². The normalized spacial score (nSPS) is 15.8. The molecular formula is C15H12BrNO3S2. The number of esters is 1. The van der Waals surface area contributed by atoms with E-state index in [1.165, 1.54) is 18.7 Å². The van der Waals surface area contributed by atoms with Crippen molar-refractivity contribution in [2.45, 2.75) is 6.92 Å². The number of hydrogen-bond donors (Lipinski definition) is 0. The van der Waals surface area contributed by atoms with Crippen LogP contribution < -0.4 is 4.74 Å². The summed E-state index contributed by atoms with van der Waals surface area (Å²) in [5.41, 5.74) is 1.20. The zero-order chi connectivity index (χ0) is 16.1. The highest BCUT2D eigenvalue weighted by Crippen LogP contribution is 2.32. The molecule has 0 saturated carbocycles. The molecule has 0 atom stereocenters. The fourth-order valence-electron chi connectivity index (χ4n) is 1.58. The molecule has 1 heterocycles. The summed E-state index contributed by atoms with van der Waals surface area (Å²) in [5, 5.41) is -0.0771. The maximum atomic E-state index is 11.9. The molecule has 22 heavy (non-hydrogen) atoms. The van der Waals surface area contributed by atoms with Crippen molar-refractivity contribution in [3.63, 3.8) is 0 Å². The van der Waals surface area contributed by atoms with Gasteiger partial charge >= 0.3 is 5.97 Å². The molecular weight excluding hydrogens is 386 g/mol. The Morgan fingerprint density at radius 1 is 1.55 bits per heavy atom. The van der Waals surface area contributed by atoms with Crippen LogP contribution in [-0.4, -0.2) is 21.2 Å². The number of carbonyl (C=O) groups is 2. The summed E-state index contributed by atoms with van der Waals surface area (Å²) in [6, 6.07) is 5.20. The second-order valence-corrected chi connectivity index (χ2v) is 7.26. The topological polar surface area (TPSA) is 55.7 Å². The number of thioether (sulfide) groups is 2. The second kappa shape index (κ2) is 7.80. The zero-order valence-electron chi connectivity index (χ0n) is 11.7. The number of ether oxygens (including phenoxy) is 1. The summed E-state index contributed by atoms with van der Waals surface area (Å²) in [5.74, 6) is 0.768. The van der Waals surface area contributed by atoms with E-state index < -0.39 is 0 Å². The van der Waals surface area contributed by atoms with Gasteiger partial charge in [0.05, 0.1) is 4.47 Å². The van der Waals surface area contributed by atoms with Gasteiger partial charge in [-0.2, -0.15) is 0 Å². The van der Waals surface area contributed by atoms with Gasteiger partial charge in [-0.15, -0.1) is 6.58 Å². The standard InChI is InChI=1S/C15H12BrNO3S2/c1-3-6-21-15-17-12(14(19)22-15)8-10-4-5-13(11(16)7-10)20-9(2)18/h3-5,7-8H,1,6H2,2H3/b12-8-. The lowest BCUT2D eigenvalue weighted by atomic mass is 10.2. The minimum Gasteiger partial charge on any atom is -0.426 e. The molecule has 0 N–H and O–H groups in total. The van der Waals surface area contributed by atoms with Crippen LogP contribution in [0.3, 0.4) is 0 Å². The first kappa shape index (κ1) is 17.1. The molecule has 7 heteroatoms. The lowest BCUT2D eigenvalue weighted by molar-refractivity contribution is -0.131. The van der Waals surface area contributed by atoms with E-state index in [1.807, 2.05) is 0 Å². The third-order valence-corrected chi connectivity index (χ3v) is 5.06. The second-order valence-electron chi connectivity index (χ2n) is 4.18. The minimum absolute atomic E-state index is 0.0771. The average Bonchev–Trinajstić information content (AvgIpc) is 2.79. The number of benzene rings is 1. The molecule has 114 valence electrons.